The smallest absolute Gasteiger partial charge is 0.168 e. The number of allylic oxidation sites excluding steroid dienone is 2. The Kier molecular flexibility index (Phi) is 4.16. The van der Waals surface area contributed by atoms with E-state index in [1.54, 1.807) is 37.3 Å². The molecule has 3 rings (SSSR count). The van der Waals surface area contributed by atoms with Gasteiger partial charge in [0.15, 0.2) is 23.2 Å². The van der Waals surface area contributed by atoms with E-state index >= 15 is 0 Å². The lowest BCUT2D eigenvalue weighted by Crippen LogP contribution is -2.08. The normalized spacial score (nSPS) is 13.5. The van der Waals surface area contributed by atoms with Crippen LogP contribution in [0.15, 0.2) is 30.3 Å². The van der Waals surface area contributed by atoms with Crippen molar-refractivity contribution < 1.29 is 17.9 Å². The zero-order chi connectivity index (χ0) is 16.6. The van der Waals surface area contributed by atoms with Crippen LogP contribution in [-0.4, -0.2) is 7.11 Å². The number of benzene rings is 2. The zero-order valence-corrected chi connectivity index (χ0v) is 13.1. The molecule has 0 aromatic heterocycles. The average molecular weight is 318 g/mol. The molecule has 1 nitrogen and oxygen atoms in total. The van der Waals surface area contributed by atoms with Crippen LogP contribution in [0.4, 0.5) is 13.2 Å². The maximum Gasteiger partial charge on any atom is 0.168 e. The van der Waals surface area contributed by atoms with E-state index in [0.717, 1.165) is 5.56 Å². The third kappa shape index (κ3) is 2.62. The first-order chi connectivity index (χ1) is 11.1. The van der Waals surface area contributed by atoms with Crippen molar-refractivity contribution in [3.05, 3.63) is 70.0 Å². The number of fused-ring (bicyclic) bond motifs is 1. The van der Waals surface area contributed by atoms with E-state index in [-0.39, 0.29) is 17.1 Å². The van der Waals surface area contributed by atoms with Crippen LogP contribution >= 0.6 is 0 Å². The predicted octanol–water partition coefficient (Wildman–Crippen LogP) is 4.86. The second-order valence-corrected chi connectivity index (χ2v) is 5.58. The van der Waals surface area contributed by atoms with E-state index < -0.39 is 11.6 Å². The molecule has 0 fully saturated rings. The van der Waals surface area contributed by atoms with Gasteiger partial charge >= 0.3 is 0 Å². The standard InChI is InChI=1S/C19H17F3O/c1-3-11-4-7-15(19(22)17(11)20)12-5-8-14-13(10-12)6-9-16(23-2)18(14)21/h4-7,9H,3,8,10H2,1-2H3. The molecular weight excluding hydrogens is 301 g/mol. The summed E-state index contributed by atoms with van der Waals surface area (Å²) in [5, 5.41) is 0. The molecule has 23 heavy (non-hydrogen) atoms. The van der Waals surface area contributed by atoms with Gasteiger partial charge in [0.05, 0.1) is 7.11 Å². The fourth-order valence-corrected chi connectivity index (χ4v) is 3.00. The monoisotopic (exact) mass is 318 g/mol. The molecule has 0 bridgehead atoms. The second kappa shape index (κ2) is 6.11. The minimum atomic E-state index is -0.826. The van der Waals surface area contributed by atoms with Crippen LogP contribution in [-0.2, 0) is 19.3 Å². The minimum absolute atomic E-state index is 0.199. The van der Waals surface area contributed by atoms with Gasteiger partial charge in [0, 0.05) is 5.56 Å². The molecule has 0 saturated heterocycles. The first kappa shape index (κ1) is 15.7. The maximum absolute atomic E-state index is 14.3. The molecule has 0 saturated carbocycles. The topological polar surface area (TPSA) is 9.23 Å². The summed E-state index contributed by atoms with van der Waals surface area (Å²) in [5.41, 5.74) is 2.63. The third-order valence-electron chi connectivity index (χ3n) is 4.35. The van der Waals surface area contributed by atoms with Crippen LogP contribution in [0, 0.1) is 17.5 Å². The first-order valence-corrected chi connectivity index (χ1v) is 7.57. The van der Waals surface area contributed by atoms with E-state index in [0.29, 0.717) is 36.0 Å². The molecule has 0 heterocycles. The van der Waals surface area contributed by atoms with E-state index in [1.165, 1.54) is 7.11 Å². The molecule has 1 aliphatic rings. The van der Waals surface area contributed by atoms with Crippen molar-refractivity contribution in [2.75, 3.05) is 7.11 Å². The van der Waals surface area contributed by atoms with Crippen molar-refractivity contribution in [2.45, 2.75) is 26.2 Å². The molecule has 0 amide bonds. The van der Waals surface area contributed by atoms with Gasteiger partial charge in [0.2, 0.25) is 0 Å². The van der Waals surface area contributed by atoms with Crippen molar-refractivity contribution in [1.29, 1.82) is 0 Å². The number of hydrogen-bond donors (Lipinski definition) is 0. The summed E-state index contributed by atoms with van der Waals surface area (Å²) in [6, 6.07) is 6.56. The number of ether oxygens (including phenoxy) is 1. The zero-order valence-electron chi connectivity index (χ0n) is 13.1. The van der Waals surface area contributed by atoms with Gasteiger partial charge in [-0.1, -0.05) is 31.2 Å². The van der Waals surface area contributed by atoms with Crippen molar-refractivity contribution in [3.63, 3.8) is 0 Å². The van der Waals surface area contributed by atoms with Crippen LogP contribution in [0.3, 0.4) is 0 Å². The summed E-state index contributed by atoms with van der Waals surface area (Å²) in [7, 11) is 1.42. The molecule has 0 atom stereocenters. The summed E-state index contributed by atoms with van der Waals surface area (Å²) in [6.45, 7) is 1.78. The SMILES string of the molecule is CCc1ccc(C2=CCc3c(ccc(OC)c3F)C2)c(F)c1F. The molecule has 0 unspecified atom stereocenters. The quantitative estimate of drug-likeness (QED) is 0.785. The summed E-state index contributed by atoms with van der Waals surface area (Å²) in [4.78, 5) is 0. The Morgan fingerprint density at radius 3 is 2.48 bits per heavy atom. The van der Waals surface area contributed by atoms with Crippen LogP contribution < -0.4 is 4.74 Å². The van der Waals surface area contributed by atoms with E-state index in [4.69, 9.17) is 4.74 Å². The molecular formula is C19H17F3O. The van der Waals surface area contributed by atoms with Crippen LogP contribution in [0.25, 0.3) is 5.57 Å². The molecule has 0 radical (unpaired) electrons. The van der Waals surface area contributed by atoms with Crippen LogP contribution in [0.1, 0.15) is 29.2 Å². The molecule has 4 heteroatoms. The van der Waals surface area contributed by atoms with Crippen LogP contribution in [0.5, 0.6) is 5.75 Å². The minimum Gasteiger partial charge on any atom is -0.494 e. The second-order valence-electron chi connectivity index (χ2n) is 5.58. The Morgan fingerprint density at radius 1 is 1.00 bits per heavy atom. The highest BCUT2D eigenvalue weighted by atomic mass is 19.2. The van der Waals surface area contributed by atoms with Crippen molar-refractivity contribution in [2.24, 2.45) is 0 Å². The Labute approximate surface area is 133 Å². The highest BCUT2D eigenvalue weighted by molar-refractivity contribution is 5.71. The highest BCUT2D eigenvalue weighted by Crippen LogP contribution is 2.34. The number of halogens is 3. The summed E-state index contributed by atoms with van der Waals surface area (Å²) in [5.74, 6) is -1.80. The van der Waals surface area contributed by atoms with Gasteiger partial charge in [-0.3, -0.25) is 0 Å². The molecule has 1 aliphatic carbocycles. The number of hydrogen-bond acceptors (Lipinski definition) is 1. The van der Waals surface area contributed by atoms with Crippen LogP contribution in [0.2, 0.25) is 0 Å². The van der Waals surface area contributed by atoms with Gasteiger partial charge < -0.3 is 4.74 Å². The van der Waals surface area contributed by atoms with Gasteiger partial charge in [0.1, 0.15) is 0 Å². The summed E-state index contributed by atoms with van der Waals surface area (Å²) >= 11 is 0. The van der Waals surface area contributed by atoms with Crippen molar-refractivity contribution in [3.8, 4) is 5.75 Å². The molecule has 120 valence electrons. The lowest BCUT2D eigenvalue weighted by atomic mass is 9.87. The molecule has 2 aromatic carbocycles. The van der Waals surface area contributed by atoms with Crippen molar-refractivity contribution in [1.82, 2.24) is 0 Å². The van der Waals surface area contributed by atoms with Gasteiger partial charge in [-0.15, -0.1) is 0 Å². The number of rotatable bonds is 3. The van der Waals surface area contributed by atoms with E-state index in [1.807, 2.05) is 0 Å². The first-order valence-electron chi connectivity index (χ1n) is 7.57. The van der Waals surface area contributed by atoms with Crippen molar-refractivity contribution >= 4 is 5.57 Å². The third-order valence-corrected chi connectivity index (χ3v) is 4.35. The largest absolute Gasteiger partial charge is 0.494 e. The van der Waals surface area contributed by atoms with Gasteiger partial charge in [-0.2, -0.15) is 0 Å². The molecule has 0 aliphatic heterocycles. The molecule has 0 spiro atoms. The fraction of sp³-hybridized carbons (Fsp3) is 0.263. The van der Waals surface area contributed by atoms with E-state index in [9.17, 15) is 13.2 Å². The fourth-order valence-electron chi connectivity index (χ4n) is 3.00. The Morgan fingerprint density at radius 2 is 1.78 bits per heavy atom. The summed E-state index contributed by atoms with van der Waals surface area (Å²) in [6.07, 6.45) is 2.91. The molecule has 2 aromatic rings. The number of aryl methyl sites for hydroxylation is 1. The summed E-state index contributed by atoms with van der Waals surface area (Å²) < 4.78 is 47.5. The van der Waals surface area contributed by atoms with Gasteiger partial charge in [0.25, 0.3) is 0 Å². The maximum atomic E-state index is 14.3. The lowest BCUT2D eigenvalue weighted by Gasteiger charge is -2.20. The average Bonchev–Trinajstić information content (AvgIpc) is 2.57. The van der Waals surface area contributed by atoms with Gasteiger partial charge in [-0.25, -0.2) is 13.2 Å². The predicted molar refractivity (Wildman–Crippen MR) is 84.1 cm³/mol. The number of methoxy groups -OCH3 is 1. The Balaban J connectivity index is 1.99. The van der Waals surface area contributed by atoms with Gasteiger partial charge in [-0.05, 0) is 47.6 Å². The molecule has 0 N–H and O–H groups in total. The highest BCUT2D eigenvalue weighted by Gasteiger charge is 2.22. The lowest BCUT2D eigenvalue weighted by molar-refractivity contribution is 0.384. The Bertz CT molecular complexity index is 794. The Hall–Kier alpha value is -2.23. The van der Waals surface area contributed by atoms with E-state index in [2.05, 4.69) is 0 Å².